The van der Waals surface area contributed by atoms with Gasteiger partial charge in [-0.2, -0.15) is 0 Å². The summed E-state index contributed by atoms with van der Waals surface area (Å²) in [5, 5.41) is 3.54. The molecule has 3 nitrogen and oxygen atoms in total. The van der Waals surface area contributed by atoms with Crippen molar-refractivity contribution < 1.29 is 0 Å². The van der Waals surface area contributed by atoms with Gasteiger partial charge < -0.3 is 16.0 Å². The maximum absolute atomic E-state index is 5.90. The SMILES string of the molecule is Cc1cc(C)c(C(CN)NCCN(C)C)cc1C. The monoisotopic (exact) mass is 249 g/mol. The van der Waals surface area contributed by atoms with Gasteiger partial charge in [0.2, 0.25) is 0 Å². The van der Waals surface area contributed by atoms with E-state index >= 15 is 0 Å². The molecule has 0 radical (unpaired) electrons. The van der Waals surface area contributed by atoms with Gasteiger partial charge in [0.05, 0.1) is 0 Å². The van der Waals surface area contributed by atoms with Crippen molar-refractivity contribution in [2.75, 3.05) is 33.7 Å². The molecule has 1 rings (SSSR count). The van der Waals surface area contributed by atoms with E-state index in [1.807, 2.05) is 0 Å². The first-order valence-electron chi connectivity index (χ1n) is 6.61. The van der Waals surface area contributed by atoms with Gasteiger partial charge in [0.25, 0.3) is 0 Å². The summed E-state index contributed by atoms with van der Waals surface area (Å²) < 4.78 is 0. The Balaban J connectivity index is 2.78. The third-order valence-electron chi connectivity index (χ3n) is 3.44. The number of nitrogens with one attached hydrogen (secondary N) is 1. The van der Waals surface area contributed by atoms with Crippen LogP contribution in [-0.4, -0.2) is 38.6 Å². The van der Waals surface area contributed by atoms with E-state index in [0.717, 1.165) is 13.1 Å². The molecule has 0 heterocycles. The first-order valence-corrected chi connectivity index (χ1v) is 6.61. The molecule has 0 saturated heterocycles. The Morgan fingerprint density at radius 3 is 2.28 bits per heavy atom. The molecule has 0 aliphatic rings. The summed E-state index contributed by atoms with van der Waals surface area (Å²) in [5.74, 6) is 0. The molecule has 0 aliphatic heterocycles. The molecule has 0 aromatic heterocycles. The molecule has 1 aromatic carbocycles. The molecule has 18 heavy (non-hydrogen) atoms. The van der Waals surface area contributed by atoms with E-state index in [-0.39, 0.29) is 6.04 Å². The fourth-order valence-electron chi connectivity index (χ4n) is 2.14. The summed E-state index contributed by atoms with van der Waals surface area (Å²) in [6.45, 7) is 9.10. The predicted octanol–water partition coefficient (Wildman–Crippen LogP) is 1.76. The minimum absolute atomic E-state index is 0.254. The van der Waals surface area contributed by atoms with E-state index in [1.165, 1.54) is 22.3 Å². The summed E-state index contributed by atoms with van der Waals surface area (Å²) >= 11 is 0. The highest BCUT2D eigenvalue weighted by molar-refractivity contribution is 5.38. The lowest BCUT2D eigenvalue weighted by molar-refractivity contribution is 0.385. The summed E-state index contributed by atoms with van der Waals surface area (Å²) in [5.41, 5.74) is 11.2. The van der Waals surface area contributed by atoms with Gasteiger partial charge in [-0.25, -0.2) is 0 Å². The van der Waals surface area contributed by atoms with Crippen molar-refractivity contribution in [1.82, 2.24) is 10.2 Å². The number of benzene rings is 1. The summed E-state index contributed by atoms with van der Waals surface area (Å²) in [7, 11) is 4.17. The third-order valence-corrected chi connectivity index (χ3v) is 3.44. The van der Waals surface area contributed by atoms with Crippen molar-refractivity contribution >= 4 is 0 Å². The average molecular weight is 249 g/mol. The minimum Gasteiger partial charge on any atom is -0.329 e. The van der Waals surface area contributed by atoms with E-state index in [9.17, 15) is 0 Å². The summed E-state index contributed by atoms with van der Waals surface area (Å²) in [6.07, 6.45) is 0. The molecule has 3 N–H and O–H groups in total. The van der Waals surface area contributed by atoms with Gasteiger partial charge in [0.15, 0.2) is 0 Å². The van der Waals surface area contributed by atoms with Crippen molar-refractivity contribution in [3.63, 3.8) is 0 Å². The highest BCUT2D eigenvalue weighted by atomic mass is 15.1. The minimum atomic E-state index is 0.254. The number of rotatable bonds is 6. The highest BCUT2D eigenvalue weighted by Crippen LogP contribution is 2.21. The smallest absolute Gasteiger partial charge is 0.0447 e. The van der Waals surface area contributed by atoms with Crippen LogP contribution in [0.3, 0.4) is 0 Å². The lowest BCUT2D eigenvalue weighted by Crippen LogP contribution is -2.34. The Hall–Kier alpha value is -0.900. The lowest BCUT2D eigenvalue weighted by Gasteiger charge is -2.22. The van der Waals surface area contributed by atoms with Crippen molar-refractivity contribution in [2.45, 2.75) is 26.8 Å². The molecule has 0 fully saturated rings. The highest BCUT2D eigenvalue weighted by Gasteiger charge is 2.12. The first-order chi connectivity index (χ1) is 8.45. The van der Waals surface area contributed by atoms with E-state index in [0.29, 0.717) is 6.54 Å². The molecule has 1 atom stereocenters. The molecule has 0 aliphatic carbocycles. The Kier molecular flexibility index (Phi) is 5.79. The summed E-state index contributed by atoms with van der Waals surface area (Å²) in [4.78, 5) is 2.17. The second-order valence-electron chi connectivity index (χ2n) is 5.34. The van der Waals surface area contributed by atoms with Crippen LogP contribution >= 0.6 is 0 Å². The van der Waals surface area contributed by atoms with Crippen molar-refractivity contribution in [3.8, 4) is 0 Å². The summed E-state index contributed by atoms with van der Waals surface area (Å²) in [6, 6.07) is 4.77. The van der Waals surface area contributed by atoms with Gasteiger partial charge in [-0.15, -0.1) is 0 Å². The number of nitrogens with two attached hydrogens (primary N) is 1. The maximum Gasteiger partial charge on any atom is 0.0447 e. The molecular formula is C15H27N3. The van der Waals surface area contributed by atoms with E-state index in [4.69, 9.17) is 5.73 Å². The van der Waals surface area contributed by atoms with Crippen LogP contribution in [0.2, 0.25) is 0 Å². The molecule has 0 amide bonds. The Morgan fingerprint density at radius 1 is 1.11 bits per heavy atom. The van der Waals surface area contributed by atoms with Gasteiger partial charge >= 0.3 is 0 Å². The van der Waals surface area contributed by atoms with Crippen LogP contribution in [0.1, 0.15) is 28.3 Å². The van der Waals surface area contributed by atoms with Crippen LogP contribution in [0.5, 0.6) is 0 Å². The Morgan fingerprint density at radius 2 is 1.72 bits per heavy atom. The van der Waals surface area contributed by atoms with Gasteiger partial charge in [-0.1, -0.05) is 12.1 Å². The quantitative estimate of drug-likeness (QED) is 0.807. The molecule has 1 unspecified atom stereocenters. The molecule has 1 aromatic rings. The number of likely N-dealkylation sites (N-methyl/N-ethyl adjacent to an activating group) is 1. The Bertz CT molecular complexity index is 386. The van der Waals surface area contributed by atoms with Crippen LogP contribution in [0, 0.1) is 20.8 Å². The van der Waals surface area contributed by atoms with Crippen molar-refractivity contribution in [3.05, 3.63) is 34.4 Å². The second kappa shape index (κ2) is 6.88. The molecule has 0 spiro atoms. The van der Waals surface area contributed by atoms with Crippen LogP contribution in [0.25, 0.3) is 0 Å². The number of nitrogens with zero attached hydrogens (tertiary/aromatic N) is 1. The molecule has 0 saturated carbocycles. The normalized spacial score (nSPS) is 13.1. The lowest BCUT2D eigenvalue weighted by atomic mass is 9.96. The Labute approximate surface area is 111 Å². The topological polar surface area (TPSA) is 41.3 Å². The predicted molar refractivity (Wildman–Crippen MR) is 79.0 cm³/mol. The molecule has 0 bridgehead atoms. The molecule has 3 heteroatoms. The zero-order valence-electron chi connectivity index (χ0n) is 12.4. The van der Waals surface area contributed by atoms with Gasteiger partial charge in [0, 0.05) is 25.7 Å². The fourth-order valence-corrected chi connectivity index (χ4v) is 2.14. The van der Waals surface area contributed by atoms with E-state index in [1.54, 1.807) is 0 Å². The fraction of sp³-hybridized carbons (Fsp3) is 0.600. The third kappa shape index (κ3) is 4.09. The van der Waals surface area contributed by atoms with Crippen molar-refractivity contribution in [2.24, 2.45) is 5.73 Å². The maximum atomic E-state index is 5.90. The average Bonchev–Trinajstić information content (AvgIpc) is 2.30. The van der Waals surface area contributed by atoms with Gasteiger partial charge in [-0.3, -0.25) is 0 Å². The standard InChI is InChI=1S/C15H27N3/c1-11-8-13(3)14(9-12(11)2)15(10-16)17-6-7-18(4)5/h8-9,15,17H,6-7,10,16H2,1-5H3. The zero-order chi connectivity index (χ0) is 13.7. The van der Waals surface area contributed by atoms with Crippen LogP contribution in [0.15, 0.2) is 12.1 Å². The number of hydrogen-bond donors (Lipinski definition) is 2. The van der Waals surface area contributed by atoms with Crippen LogP contribution < -0.4 is 11.1 Å². The van der Waals surface area contributed by atoms with Gasteiger partial charge in [-0.05, 0) is 57.1 Å². The molecule has 102 valence electrons. The van der Waals surface area contributed by atoms with E-state index < -0.39 is 0 Å². The largest absolute Gasteiger partial charge is 0.329 e. The van der Waals surface area contributed by atoms with E-state index in [2.05, 4.69) is 57.2 Å². The second-order valence-corrected chi connectivity index (χ2v) is 5.34. The zero-order valence-corrected chi connectivity index (χ0v) is 12.4. The number of hydrogen-bond acceptors (Lipinski definition) is 3. The first kappa shape index (κ1) is 15.2. The molecular weight excluding hydrogens is 222 g/mol. The van der Waals surface area contributed by atoms with Crippen molar-refractivity contribution in [1.29, 1.82) is 0 Å². The van der Waals surface area contributed by atoms with Gasteiger partial charge in [0.1, 0.15) is 0 Å². The number of aryl methyl sites for hydroxylation is 3. The van der Waals surface area contributed by atoms with Crippen LogP contribution in [0.4, 0.5) is 0 Å². The van der Waals surface area contributed by atoms with Crippen LogP contribution in [-0.2, 0) is 0 Å².